The van der Waals surface area contributed by atoms with Gasteiger partial charge in [-0.25, -0.2) is 0 Å². The molecule has 0 aromatic heterocycles. The maximum Gasteiger partial charge on any atom is 0.395 e. The molecule has 0 amide bonds. The van der Waals surface area contributed by atoms with Gasteiger partial charge in [-0.3, -0.25) is 0 Å². The van der Waals surface area contributed by atoms with Crippen molar-refractivity contribution in [3.05, 3.63) is 64.7 Å². The molecule has 1 saturated heterocycles. The molecule has 3 atom stereocenters. The molecule has 1 aliphatic heterocycles. The van der Waals surface area contributed by atoms with Crippen LogP contribution in [0.5, 0.6) is 5.75 Å². The molecule has 1 aliphatic carbocycles. The van der Waals surface area contributed by atoms with Gasteiger partial charge in [-0.15, -0.1) is 24.8 Å². The Kier molecular flexibility index (Phi) is 9.07. The van der Waals surface area contributed by atoms with Gasteiger partial charge >= 0.3 is 6.18 Å². The van der Waals surface area contributed by atoms with E-state index < -0.39 is 12.1 Å². The standard InChI is InChI=1S/C23H27F3N2O.2ClH/c1-29-21-13-16-9-10-19(23(24,25)26)18(16)12-17(21)14-28-20-8-5-11-27-22(20)15-6-3-2-4-7-15;;/h2-4,6-7,12-13,19-20,22,27-28H,5,8-11,14H2,1H3;2*1H/t19?,20-,22-;;/m0../s1. The number of hydrogen-bond donors (Lipinski definition) is 2. The van der Waals surface area contributed by atoms with E-state index in [9.17, 15) is 13.2 Å². The van der Waals surface area contributed by atoms with Crippen LogP contribution in [0.1, 0.15) is 53.5 Å². The van der Waals surface area contributed by atoms with E-state index in [1.54, 1.807) is 19.2 Å². The van der Waals surface area contributed by atoms with Crippen molar-refractivity contribution in [2.24, 2.45) is 0 Å². The van der Waals surface area contributed by atoms with Crippen molar-refractivity contribution < 1.29 is 17.9 Å². The Labute approximate surface area is 194 Å². The van der Waals surface area contributed by atoms with E-state index >= 15 is 0 Å². The summed E-state index contributed by atoms with van der Waals surface area (Å²) in [4.78, 5) is 0. The van der Waals surface area contributed by atoms with Gasteiger partial charge in [0.15, 0.2) is 0 Å². The molecule has 0 radical (unpaired) electrons. The van der Waals surface area contributed by atoms with Gasteiger partial charge in [-0.05, 0) is 61.1 Å². The minimum Gasteiger partial charge on any atom is -0.496 e. The molecule has 0 bridgehead atoms. The van der Waals surface area contributed by atoms with E-state index in [1.807, 2.05) is 18.2 Å². The fraction of sp³-hybridized carbons (Fsp3) is 0.478. The summed E-state index contributed by atoms with van der Waals surface area (Å²) in [7, 11) is 1.58. The number of hydrogen-bond acceptors (Lipinski definition) is 3. The maximum absolute atomic E-state index is 13.4. The predicted molar refractivity (Wildman–Crippen MR) is 122 cm³/mol. The predicted octanol–water partition coefficient (Wildman–Crippen LogP) is 5.71. The highest BCUT2D eigenvalue weighted by Gasteiger charge is 2.44. The molecule has 2 N–H and O–H groups in total. The summed E-state index contributed by atoms with van der Waals surface area (Å²) < 4.78 is 45.7. The van der Waals surface area contributed by atoms with Gasteiger partial charge in [-0.2, -0.15) is 13.2 Å². The van der Waals surface area contributed by atoms with E-state index in [4.69, 9.17) is 4.74 Å². The SMILES string of the molecule is COc1cc2c(cc1CN[C@H]1CCCN[C@H]1c1ccccc1)C(C(F)(F)F)CC2.Cl.Cl. The monoisotopic (exact) mass is 476 g/mol. The van der Waals surface area contributed by atoms with Crippen molar-refractivity contribution >= 4 is 24.8 Å². The minimum atomic E-state index is -4.20. The van der Waals surface area contributed by atoms with Crippen molar-refractivity contribution in [2.75, 3.05) is 13.7 Å². The first-order valence-corrected chi connectivity index (χ1v) is 10.3. The maximum atomic E-state index is 13.4. The van der Waals surface area contributed by atoms with Crippen molar-refractivity contribution in [3.8, 4) is 5.75 Å². The van der Waals surface area contributed by atoms with Crippen LogP contribution in [-0.2, 0) is 13.0 Å². The van der Waals surface area contributed by atoms with Crippen LogP contribution in [-0.4, -0.2) is 25.9 Å². The third kappa shape index (κ3) is 5.67. The van der Waals surface area contributed by atoms with Crippen LogP contribution in [0.4, 0.5) is 13.2 Å². The van der Waals surface area contributed by atoms with Gasteiger partial charge in [0, 0.05) is 24.2 Å². The Hall–Kier alpha value is -1.47. The van der Waals surface area contributed by atoms with Crippen molar-refractivity contribution in [1.82, 2.24) is 10.6 Å². The highest BCUT2D eigenvalue weighted by atomic mass is 35.5. The molecule has 8 heteroatoms. The number of halogens is 5. The summed E-state index contributed by atoms with van der Waals surface area (Å²) >= 11 is 0. The highest BCUT2D eigenvalue weighted by Crippen LogP contribution is 2.46. The average molecular weight is 477 g/mol. The summed E-state index contributed by atoms with van der Waals surface area (Å²) in [6, 6.07) is 14.2. The molecule has 1 unspecified atom stereocenters. The number of benzene rings is 2. The Morgan fingerprint density at radius 1 is 1.10 bits per heavy atom. The van der Waals surface area contributed by atoms with E-state index in [2.05, 4.69) is 22.8 Å². The third-order valence-corrected chi connectivity index (χ3v) is 6.19. The van der Waals surface area contributed by atoms with Crippen LogP contribution in [0, 0.1) is 0 Å². The van der Waals surface area contributed by atoms with E-state index in [1.165, 1.54) is 5.56 Å². The third-order valence-electron chi connectivity index (χ3n) is 6.19. The lowest BCUT2D eigenvalue weighted by molar-refractivity contribution is -0.149. The van der Waals surface area contributed by atoms with Crippen LogP contribution in [0.15, 0.2) is 42.5 Å². The Morgan fingerprint density at radius 3 is 2.52 bits per heavy atom. The van der Waals surface area contributed by atoms with E-state index in [-0.39, 0.29) is 43.3 Å². The molecule has 2 aliphatic rings. The molecule has 0 spiro atoms. The molecule has 31 heavy (non-hydrogen) atoms. The number of alkyl halides is 3. The Bertz CT molecular complexity index is 849. The Morgan fingerprint density at radius 2 is 1.84 bits per heavy atom. The summed E-state index contributed by atoms with van der Waals surface area (Å²) in [5.74, 6) is -0.699. The lowest BCUT2D eigenvalue weighted by Crippen LogP contribution is -2.45. The zero-order valence-corrected chi connectivity index (χ0v) is 19.0. The van der Waals surface area contributed by atoms with E-state index in [0.29, 0.717) is 24.3 Å². The van der Waals surface area contributed by atoms with Crippen molar-refractivity contribution in [2.45, 2.75) is 56.4 Å². The van der Waals surface area contributed by atoms with Gasteiger partial charge in [0.25, 0.3) is 0 Å². The molecule has 2 aromatic carbocycles. The van der Waals surface area contributed by atoms with Crippen molar-refractivity contribution in [3.63, 3.8) is 0 Å². The summed E-state index contributed by atoms with van der Waals surface area (Å²) in [5.41, 5.74) is 3.19. The normalized spacial score (nSPS) is 22.8. The number of aryl methyl sites for hydroxylation is 1. The number of piperidine rings is 1. The van der Waals surface area contributed by atoms with Gasteiger partial charge in [0.05, 0.1) is 13.0 Å². The van der Waals surface area contributed by atoms with E-state index in [0.717, 1.165) is 30.5 Å². The number of nitrogens with one attached hydrogen (secondary N) is 2. The van der Waals surface area contributed by atoms with Gasteiger partial charge in [-0.1, -0.05) is 30.3 Å². The molecule has 1 fully saturated rings. The number of fused-ring (bicyclic) bond motifs is 1. The summed E-state index contributed by atoms with van der Waals surface area (Å²) in [6.45, 7) is 1.45. The van der Waals surface area contributed by atoms with Crippen LogP contribution in [0.2, 0.25) is 0 Å². The highest BCUT2D eigenvalue weighted by molar-refractivity contribution is 5.85. The first-order chi connectivity index (χ1) is 14.0. The largest absolute Gasteiger partial charge is 0.496 e. The second-order valence-electron chi connectivity index (χ2n) is 7.97. The van der Waals surface area contributed by atoms with Gasteiger partial charge in [0.2, 0.25) is 0 Å². The fourth-order valence-corrected chi connectivity index (χ4v) is 4.71. The van der Waals surface area contributed by atoms with Crippen LogP contribution < -0.4 is 15.4 Å². The smallest absolute Gasteiger partial charge is 0.395 e. The molecular weight excluding hydrogens is 448 g/mol. The molecule has 172 valence electrons. The first-order valence-electron chi connectivity index (χ1n) is 10.3. The second kappa shape index (κ2) is 10.9. The molecule has 1 heterocycles. The van der Waals surface area contributed by atoms with Crippen LogP contribution in [0.3, 0.4) is 0 Å². The van der Waals surface area contributed by atoms with Gasteiger partial charge < -0.3 is 15.4 Å². The van der Waals surface area contributed by atoms with Crippen LogP contribution in [0.25, 0.3) is 0 Å². The Balaban J connectivity index is 0.00000171. The molecule has 0 saturated carbocycles. The summed E-state index contributed by atoms with van der Waals surface area (Å²) in [5, 5.41) is 7.16. The minimum absolute atomic E-state index is 0. The average Bonchev–Trinajstić information content (AvgIpc) is 3.15. The number of ether oxygens (including phenoxy) is 1. The zero-order chi connectivity index (χ0) is 20.4. The lowest BCUT2D eigenvalue weighted by Gasteiger charge is -2.34. The van der Waals surface area contributed by atoms with Crippen LogP contribution >= 0.6 is 24.8 Å². The van der Waals surface area contributed by atoms with Gasteiger partial charge in [0.1, 0.15) is 5.75 Å². The quantitative estimate of drug-likeness (QED) is 0.579. The molecule has 2 aromatic rings. The second-order valence-corrected chi connectivity index (χ2v) is 7.97. The molecular formula is C23H29Cl2F3N2O. The first kappa shape index (κ1) is 25.8. The lowest BCUT2D eigenvalue weighted by atomic mass is 9.92. The summed E-state index contributed by atoms with van der Waals surface area (Å²) in [6.07, 6.45) is -1.53. The zero-order valence-electron chi connectivity index (χ0n) is 17.4. The fourth-order valence-electron chi connectivity index (χ4n) is 4.71. The molecule has 4 rings (SSSR count). The van der Waals surface area contributed by atoms with Crippen molar-refractivity contribution in [1.29, 1.82) is 0 Å². The number of rotatable bonds is 5. The molecule has 3 nitrogen and oxygen atoms in total. The number of methoxy groups -OCH3 is 1. The topological polar surface area (TPSA) is 33.3 Å².